The zero-order chi connectivity index (χ0) is 13.5. The van der Waals surface area contributed by atoms with Crippen LogP contribution in [0.3, 0.4) is 0 Å². The molecule has 0 saturated carbocycles. The van der Waals surface area contributed by atoms with Crippen molar-refractivity contribution in [3.05, 3.63) is 71.3 Å². The van der Waals surface area contributed by atoms with Gasteiger partial charge in [-0.3, -0.25) is 4.99 Å². The minimum absolute atomic E-state index is 0.675. The number of benzene rings is 2. The fraction of sp³-hybridized carbons (Fsp3) is 0.118. The summed E-state index contributed by atoms with van der Waals surface area (Å²) in [4.78, 5) is 4.44. The average molecular weight is 250 g/mol. The highest BCUT2D eigenvalue weighted by molar-refractivity contribution is 5.90. The van der Waals surface area contributed by atoms with Crippen LogP contribution in [0.1, 0.15) is 23.6 Å². The molecule has 0 atom stereocenters. The van der Waals surface area contributed by atoms with Gasteiger partial charge in [0.05, 0.1) is 6.54 Å². The van der Waals surface area contributed by atoms with Gasteiger partial charge in [-0.25, -0.2) is 0 Å². The highest BCUT2D eigenvalue weighted by atomic mass is 14.7. The lowest BCUT2D eigenvalue weighted by Gasteiger charge is -2.04. The SMILES string of the molecule is C/C=C\c1cccc(C=NCc2ccccc2)c1N. The third-order valence-electron chi connectivity index (χ3n) is 2.87. The first-order valence-electron chi connectivity index (χ1n) is 6.36. The molecule has 0 aliphatic rings. The minimum atomic E-state index is 0.675. The molecule has 0 aliphatic carbocycles. The van der Waals surface area contributed by atoms with Crippen molar-refractivity contribution in [2.45, 2.75) is 13.5 Å². The third-order valence-corrected chi connectivity index (χ3v) is 2.87. The molecule has 0 heterocycles. The van der Waals surface area contributed by atoms with Gasteiger partial charge in [-0.05, 0) is 18.1 Å². The Morgan fingerprint density at radius 3 is 2.47 bits per heavy atom. The minimum Gasteiger partial charge on any atom is -0.398 e. The molecule has 0 spiro atoms. The molecule has 0 unspecified atom stereocenters. The molecule has 2 rings (SSSR count). The van der Waals surface area contributed by atoms with Crippen LogP contribution in [-0.4, -0.2) is 6.21 Å². The van der Waals surface area contributed by atoms with Gasteiger partial charge in [-0.1, -0.05) is 60.7 Å². The Balaban J connectivity index is 2.13. The van der Waals surface area contributed by atoms with E-state index in [0.29, 0.717) is 6.54 Å². The van der Waals surface area contributed by atoms with Gasteiger partial charge in [-0.2, -0.15) is 0 Å². The molecule has 0 radical (unpaired) electrons. The monoisotopic (exact) mass is 250 g/mol. The summed E-state index contributed by atoms with van der Waals surface area (Å²) in [5, 5.41) is 0. The molecule has 2 aromatic carbocycles. The lowest BCUT2D eigenvalue weighted by molar-refractivity contribution is 1.08. The number of nitrogen functional groups attached to an aromatic ring is 1. The molecule has 0 fully saturated rings. The molecule has 19 heavy (non-hydrogen) atoms. The topological polar surface area (TPSA) is 38.4 Å². The highest BCUT2D eigenvalue weighted by Gasteiger charge is 1.99. The van der Waals surface area contributed by atoms with E-state index < -0.39 is 0 Å². The summed E-state index contributed by atoms with van der Waals surface area (Å²) in [5.74, 6) is 0. The maximum Gasteiger partial charge on any atom is 0.0639 e. The van der Waals surface area contributed by atoms with Crippen LogP contribution in [0.5, 0.6) is 0 Å². The van der Waals surface area contributed by atoms with Gasteiger partial charge in [0.15, 0.2) is 0 Å². The Labute approximate surface area is 114 Å². The van der Waals surface area contributed by atoms with Crippen molar-refractivity contribution >= 4 is 18.0 Å². The molecular formula is C17H18N2. The fourth-order valence-electron chi connectivity index (χ4n) is 1.87. The summed E-state index contributed by atoms with van der Waals surface area (Å²) >= 11 is 0. The van der Waals surface area contributed by atoms with Crippen LogP contribution >= 0.6 is 0 Å². The molecule has 2 heteroatoms. The van der Waals surface area contributed by atoms with Crippen LogP contribution < -0.4 is 5.73 Å². The number of rotatable bonds is 4. The molecule has 0 bridgehead atoms. The zero-order valence-electron chi connectivity index (χ0n) is 11.1. The van der Waals surface area contributed by atoms with Crippen LogP contribution in [0, 0.1) is 0 Å². The standard InChI is InChI=1S/C17H18N2/c1-2-7-15-10-6-11-16(17(15)18)13-19-12-14-8-4-3-5-9-14/h2-11,13H,12,18H2,1H3/b7-2-,19-13?. The summed E-state index contributed by atoms with van der Waals surface area (Å²) in [6.45, 7) is 2.66. The van der Waals surface area contributed by atoms with Crippen LogP contribution in [-0.2, 0) is 6.54 Å². The number of aliphatic imine (C=N–C) groups is 1. The van der Waals surface area contributed by atoms with E-state index in [1.54, 1.807) is 0 Å². The van der Waals surface area contributed by atoms with E-state index in [9.17, 15) is 0 Å². The molecule has 0 aliphatic heterocycles. The summed E-state index contributed by atoms with van der Waals surface area (Å²) in [6, 6.07) is 16.2. The zero-order valence-corrected chi connectivity index (χ0v) is 11.1. The normalized spacial score (nSPS) is 11.4. The lowest BCUT2D eigenvalue weighted by Crippen LogP contribution is -1.96. The number of anilines is 1. The van der Waals surface area contributed by atoms with Crippen molar-refractivity contribution in [2.24, 2.45) is 4.99 Å². The molecule has 96 valence electrons. The van der Waals surface area contributed by atoms with E-state index in [4.69, 9.17) is 5.73 Å². The number of nitrogens with two attached hydrogens (primary N) is 1. The third kappa shape index (κ3) is 3.55. The predicted octanol–water partition coefficient (Wildman–Crippen LogP) is 3.92. The van der Waals surface area contributed by atoms with E-state index in [2.05, 4.69) is 17.1 Å². The van der Waals surface area contributed by atoms with E-state index in [-0.39, 0.29) is 0 Å². The first-order chi connectivity index (χ1) is 9.31. The summed E-state index contributed by atoms with van der Waals surface area (Å²) in [5.41, 5.74) is 10.1. The van der Waals surface area contributed by atoms with Crippen molar-refractivity contribution in [3.63, 3.8) is 0 Å². The smallest absolute Gasteiger partial charge is 0.0639 e. The molecule has 0 aromatic heterocycles. The second-order valence-corrected chi connectivity index (χ2v) is 4.31. The van der Waals surface area contributed by atoms with Crippen LogP contribution in [0.4, 0.5) is 5.69 Å². The van der Waals surface area contributed by atoms with Gasteiger partial charge in [0.25, 0.3) is 0 Å². The van der Waals surface area contributed by atoms with Gasteiger partial charge in [0.1, 0.15) is 0 Å². The molecule has 2 N–H and O–H groups in total. The van der Waals surface area contributed by atoms with Gasteiger partial charge in [0, 0.05) is 17.5 Å². The van der Waals surface area contributed by atoms with E-state index >= 15 is 0 Å². The first-order valence-corrected chi connectivity index (χ1v) is 6.36. The Morgan fingerprint density at radius 2 is 1.74 bits per heavy atom. The van der Waals surface area contributed by atoms with Crippen molar-refractivity contribution in [1.82, 2.24) is 0 Å². The fourth-order valence-corrected chi connectivity index (χ4v) is 1.87. The summed E-state index contributed by atoms with van der Waals surface area (Å²) in [7, 11) is 0. The van der Waals surface area contributed by atoms with E-state index in [1.807, 2.05) is 61.7 Å². The molecule has 2 aromatic rings. The molecule has 0 saturated heterocycles. The number of hydrogen-bond donors (Lipinski definition) is 1. The number of para-hydroxylation sites is 1. The Morgan fingerprint density at radius 1 is 1.00 bits per heavy atom. The predicted molar refractivity (Wildman–Crippen MR) is 83.3 cm³/mol. The lowest BCUT2D eigenvalue weighted by atomic mass is 10.1. The second kappa shape index (κ2) is 6.55. The van der Waals surface area contributed by atoms with Crippen molar-refractivity contribution in [2.75, 3.05) is 5.73 Å². The maximum atomic E-state index is 6.11. The van der Waals surface area contributed by atoms with Crippen LogP contribution in [0.15, 0.2) is 59.6 Å². The number of nitrogens with zero attached hydrogens (tertiary/aromatic N) is 1. The number of allylic oxidation sites excluding steroid dienone is 1. The van der Waals surface area contributed by atoms with Gasteiger partial charge < -0.3 is 5.73 Å². The largest absolute Gasteiger partial charge is 0.398 e. The van der Waals surface area contributed by atoms with Crippen molar-refractivity contribution in [1.29, 1.82) is 0 Å². The van der Waals surface area contributed by atoms with Gasteiger partial charge in [-0.15, -0.1) is 0 Å². The second-order valence-electron chi connectivity index (χ2n) is 4.31. The molecule has 2 nitrogen and oxygen atoms in total. The molecule has 0 amide bonds. The van der Waals surface area contributed by atoms with Crippen molar-refractivity contribution < 1.29 is 0 Å². The van der Waals surface area contributed by atoms with Crippen LogP contribution in [0.2, 0.25) is 0 Å². The average Bonchev–Trinajstić information content (AvgIpc) is 2.44. The Hall–Kier alpha value is -2.35. The first kappa shape index (κ1) is 13.1. The maximum absolute atomic E-state index is 6.11. The quantitative estimate of drug-likeness (QED) is 0.648. The van der Waals surface area contributed by atoms with Gasteiger partial charge >= 0.3 is 0 Å². The number of hydrogen-bond acceptors (Lipinski definition) is 2. The summed E-state index contributed by atoms with van der Waals surface area (Å²) in [6.07, 6.45) is 5.83. The summed E-state index contributed by atoms with van der Waals surface area (Å²) < 4.78 is 0. The Kier molecular flexibility index (Phi) is 4.51. The van der Waals surface area contributed by atoms with Crippen LogP contribution in [0.25, 0.3) is 6.08 Å². The van der Waals surface area contributed by atoms with E-state index in [0.717, 1.165) is 16.8 Å². The van der Waals surface area contributed by atoms with Crippen molar-refractivity contribution in [3.8, 4) is 0 Å². The Bertz CT molecular complexity index is 583. The van der Waals surface area contributed by atoms with Gasteiger partial charge in [0.2, 0.25) is 0 Å². The van der Waals surface area contributed by atoms with E-state index in [1.165, 1.54) is 5.56 Å². The highest BCUT2D eigenvalue weighted by Crippen LogP contribution is 2.17. The molecular weight excluding hydrogens is 232 g/mol.